The molecule has 0 aliphatic rings. The highest BCUT2D eigenvalue weighted by Gasteiger charge is 2.35. The predicted octanol–water partition coefficient (Wildman–Crippen LogP) is -0.462. The summed E-state index contributed by atoms with van der Waals surface area (Å²) < 4.78 is 9.63. The van der Waals surface area contributed by atoms with Crippen LogP contribution in [0.3, 0.4) is 0 Å². The number of amides is 2. The molecule has 0 aromatic carbocycles. The first-order valence-corrected chi connectivity index (χ1v) is 5.51. The van der Waals surface area contributed by atoms with Crippen LogP contribution in [0.1, 0.15) is 13.8 Å². The highest BCUT2D eigenvalue weighted by atomic mass is 16.5. The maximum Gasteiger partial charge on any atom is 0.235 e. The van der Waals surface area contributed by atoms with E-state index in [1.54, 1.807) is 28.1 Å². The van der Waals surface area contributed by atoms with Gasteiger partial charge in [0.2, 0.25) is 11.8 Å². The molecule has 0 spiro atoms. The molecule has 0 heterocycles. The van der Waals surface area contributed by atoms with E-state index in [2.05, 4.69) is 10.6 Å². The van der Waals surface area contributed by atoms with E-state index in [0.29, 0.717) is 26.3 Å². The Labute approximate surface area is 102 Å². The maximum atomic E-state index is 11.8. The Morgan fingerprint density at radius 1 is 0.941 bits per heavy atom. The van der Waals surface area contributed by atoms with Crippen molar-refractivity contribution in [3.63, 3.8) is 0 Å². The molecular formula is C11H22N2O4. The summed E-state index contributed by atoms with van der Waals surface area (Å²) >= 11 is 0. The summed E-state index contributed by atoms with van der Waals surface area (Å²) in [6, 6.07) is 0. The summed E-state index contributed by atoms with van der Waals surface area (Å²) in [5, 5.41) is 5.28. The van der Waals surface area contributed by atoms with Gasteiger partial charge in [0.25, 0.3) is 0 Å². The lowest BCUT2D eigenvalue weighted by Crippen LogP contribution is -2.49. The third-order valence-electron chi connectivity index (χ3n) is 2.32. The molecule has 6 heteroatoms. The highest BCUT2D eigenvalue weighted by molar-refractivity contribution is 6.04. The Balaban J connectivity index is 4.13. The Hall–Kier alpha value is -1.14. The van der Waals surface area contributed by atoms with Gasteiger partial charge in [-0.3, -0.25) is 9.59 Å². The standard InChI is InChI=1S/C11H22N2O4/c1-11(2,9(14)12-5-7-16-3)10(15)13-6-8-17-4/h5-8H2,1-4H3,(H,12,14)(H,13,15). The minimum absolute atomic E-state index is 0.315. The van der Waals surface area contributed by atoms with Gasteiger partial charge in [-0.2, -0.15) is 0 Å². The van der Waals surface area contributed by atoms with E-state index in [9.17, 15) is 9.59 Å². The first-order valence-electron chi connectivity index (χ1n) is 5.51. The van der Waals surface area contributed by atoms with E-state index >= 15 is 0 Å². The van der Waals surface area contributed by atoms with Gasteiger partial charge in [0, 0.05) is 27.3 Å². The number of rotatable bonds is 8. The van der Waals surface area contributed by atoms with E-state index < -0.39 is 5.41 Å². The van der Waals surface area contributed by atoms with Gasteiger partial charge in [-0.1, -0.05) is 0 Å². The molecule has 17 heavy (non-hydrogen) atoms. The first-order chi connectivity index (χ1) is 7.96. The van der Waals surface area contributed by atoms with E-state index in [0.717, 1.165) is 0 Å². The average molecular weight is 246 g/mol. The van der Waals surface area contributed by atoms with E-state index in [1.165, 1.54) is 0 Å². The molecule has 0 aromatic rings. The largest absolute Gasteiger partial charge is 0.383 e. The van der Waals surface area contributed by atoms with Crippen molar-refractivity contribution >= 4 is 11.8 Å². The molecule has 0 atom stereocenters. The molecule has 100 valence electrons. The van der Waals surface area contributed by atoms with E-state index in [4.69, 9.17) is 9.47 Å². The molecule has 2 amide bonds. The van der Waals surface area contributed by atoms with Crippen LogP contribution < -0.4 is 10.6 Å². The van der Waals surface area contributed by atoms with Crippen molar-refractivity contribution in [1.29, 1.82) is 0 Å². The Morgan fingerprint density at radius 2 is 1.29 bits per heavy atom. The van der Waals surface area contributed by atoms with Crippen LogP contribution in [0.2, 0.25) is 0 Å². The van der Waals surface area contributed by atoms with Crippen LogP contribution in [-0.2, 0) is 19.1 Å². The number of nitrogens with one attached hydrogen (secondary N) is 2. The molecular weight excluding hydrogens is 224 g/mol. The Bertz CT molecular complexity index is 230. The van der Waals surface area contributed by atoms with E-state index in [1.807, 2.05) is 0 Å². The second-order valence-corrected chi connectivity index (χ2v) is 4.12. The third kappa shape index (κ3) is 5.65. The molecule has 0 aromatic heterocycles. The fourth-order valence-electron chi connectivity index (χ4n) is 1.08. The molecule has 2 N–H and O–H groups in total. The molecule has 0 aliphatic heterocycles. The quantitative estimate of drug-likeness (QED) is 0.449. The van der Waals surface area contributed by atoms with Crippen LogP contribution >= 0.6 is 0 Å². The summed E-state index contributed by atoms with van der Waals surface area (Å²) in [7, 11) is 3.10. The molecule has 0 saturated heterocycles. The van der Waals surface area contributed by atoms with E-state index in [-0.39, 0.29) is 11.8 Å². The van der Waals surface area contributed by atoms with Crippen LogP contribution in [-0.4, -0.2) is 52.3 Å². The zero-order valence-corrected chi connectivity index (χ0v) is 11.0. The van der Waals surface area contributed by atoms with Crippen molar-refractivity contribution < 1.29 is 19.1 Å². The van der Waals surface area contributed by atoms with Crippen molar-refractivity contribution in [1.82, 2.24) is 10.6 Å². The lowest BCUT2D eigenvalue weighted by Gasteiger charge is -2.22. The van der Waals surface area contributed by atoms with Gasteiger partial charge in [-0.05, 0) is 13.8 Å². The summed E-state index contributed by atoms with van der Waals surface area (Å²) in [5.41, 5.74) is -1.10. The second-order valence-electron chi connectivity index (χ2n) is 4.12. The van der Waals surface area contributed by atoms with Crippen LogP contribution in [0.5, 0.6) is 0 Å². The van der Waals surface area contributed by atoms with Crippen molar-refractivity contribution in [3.05, 3.63) is 0 Å². The van der Waals surface area contributed by atoms with Gasteiger partial charge in [-0.25, -0.2) is 0 Å². The van der Waals surface area contributed by atoms with Gasteiger partial charge in [0.15, 0.2) is 0 Å². The van der Waals surface area contributed by atoms with Gasteiger partial charge in [-0.15, -0.1) is 0 Å². The molecule has 6 nitrogen and oxygen atoms in total. The van der Waals surface area contributed by atoms with Crippen LogP contribution in [0.15, 0.2) is 0 Å². The van der Waals surface area contributed by atoms with Gasteiger partial charge in [0.1, 0.15) is 5.41 Å². The molecule has 0 saturated carbocycles. The fraction of sp³-hybridized carbons (Fsp3) is 0.818. The minimum Gasteiger partial charge on any atom is -0.383 e. The average Bonchev–Trinajstić information content (AvgIpc) is 2.29. The molecule has 0 radical (unpaired) electrons. The van der Waals surface area contributed by atoms with Gasteiger partial charge >= 0.3 is 0 Å². The number of carbonyl (C=O) groups is 2. The molecule has 0 rings (SSSR count). The number of carbonyl (C=O) groups excluding carboxylic acids is 2. The van der Waals surface area contributed by atoms with Crippen molar-refractivity contribution in [2.75, 3.05) is 40.5 Å². The van der Waals surface area contributed by atoms with Gasteiger partial charge in [0.05, 0.1) is 13.2 Å². The first kappa shape index (κ1) is 15.9. The predicted molar refractivity (Wildman–Crippen MR) is 63.6 cm³/mol. The monoisotopic (exact) mass is 246 g/mol. The number of methoxy groups -OCH3 is 2. The van der Waals surface area contributed by atoms with Crippen molar-refractivity contribution in [2.24, 2.45) is 5.41 Å². The van der Waals surface area contributed by atoms with Crippen LogP contribution in [0, 0.1) is 5.41 Å². The second kappa shape index (κ2) is 8.03. The number of hydrogen-bond donors (Lipinski definition) is 2. The zero-order valence-electron chi connectivity index (χ0n) is 11.0. The minimum atomic E-state index is -1.10. The lowest BCUT2D eigenvalue weighted by atomic mass is 9.91. The SMILES string of the molecule is COCCNC(=O)C(C)(C)C(=O)NCCOC. The Morgan fingerprint density at radius 3 is 1.59 bits per heavy atom. The molecule has 0 aliphatic carbocycles. The molecule has 0 unspecified atom stereocenters. The lowest BCUT2D eigenvalue weighted by molar-refractivity contribution is -0.141. The topological polar surface area (TPSA) is 76.7 Å². The van der Waals surface area contributed by atoms with Crippen molar-refractivity contribution in [3.8, 4) is 0 Å². The van der Waals surface area contributed by atoms with Crippen LogP contribution in [0.25, 0.3) is 0 Å². The van der Waals surface area contributed by atoms with Crippen LogP contribution in [0.4, 0.5) is 0 Å². The summed E-state index contributed by atoms with van der Waals surface area (Å²) in [4.78, 5) is 23.5. The summed E-state index contributed by atoms with van der Waals surface area (Å²) in [6.07, 6.45) is 0. The number of ether oxygens (including phenoxy) is 2. The third-order valence-corrected chi connectivity index (χ3v) is 2.32. The fourth-order valence-corrected chi connectivity index (χ4v) is 1.08. The zero-order chi connectivity index (χ0) is 13.3. The summed E-state index contributed by atoms with van der Waals surface area (Å²) in [5.74, 6) is -0.631. The highest BCUT2D eigenvalue weighted by Crippen LogP contribution is 2.14. The number of hydrogen-bond acceptors (Lipinski definition) is 4. The maximum absolute atomic E-state index is 11.8. The molecule has 0 bridgehead atoms. The Kier molecular flexibility index (Phi) is 7.49. The van der Waals surface area contributed by atoms with Crippen molar-refractivity contribution in [2.45, 2.75) is 13.8 Å². The van der Waals surface area contributed by atoms with Gasteiger partial charge < -0.3 is 20.1 Å². The summed E-state index contributed by atoms with van der Waals surface area (Å²) in [6.45, 7) is 4.79. The smallest absolute Gasteiger partial charge is 0.235 e. The normalized spacial score (nSPS) is 11.1. The molecule has 0 fully saturated rings.